The lowest BCUT2D eigenvalue weighted by Crippen LogP contribution is -2.18. The van der Waals surface area contributed by atoms with Crippen molar-refractivity contribution in [1.82, 2.24) is 0 Å². The molecule has 23 heavy (non-hydrogen) atoms. The van der Waals surface area contributed by atoms with Crippen LogP contribution in [0, 0.1) is 3.57 Å². The molecule has 3 rings (SSSR count). The van der Waals surface area contributed by atoms with E-state index in [9.17, 15) is 0 Å². The number of halogens is 2. The van der Waals surface area contributed by atoms with Gasteiger partial charge >= 0.3 is 0 Å². The van der Waals surface area contributed by atoms with E-state index < -0.39 is 0 Å². The molecule has 0 saturated carbocycles. The van der Waals surface area contributed by atoms with E-state index >= 15 is 0 Å². The zero-order chi connectivity index (χ0) is 15.4. The van der Waals surface area contributed by atoms with Gasteiger partial charge in [-0.1, -0.05) is 36.4 Å². The van der Waals surface area contributed by atoms with E-state index in [-0.39, 0.29) is 17.0 Å². The highest BCUT2D eigenvalue weighted by molar-refractivity contribution is 14.1. The Labute approximate surface area is 164 Å². The van der Waals surface area contributed by atoms with Crippen LogP contribution >= 0.6 is 39.6 Å². The van der Waals surface area contributed by atoms with Crippen molar-refractivity contribution in [3.8, 4) is 0 Å². The van der Waals surface area contributed by atoms with Crippen LogP contribution in [0.25, 0.3) is 0 Å². The highest BCUT2D eigenvalue weighted by Gasteiger charge is 2.28. The molecular weight excluding hydrogens is 461 g/mol. The van der Waals surface area contributed by atoms with Gasteiger partial charge in [0.1, 0.15) is 0 Å². The van der Waals surface area contributed by atoms with Crippen molar-refractivity contribution in [2.45, 2.75) is 43.9 Å². The van der Waals surface area contributed by atoms with E-state index in [4.69, 9.17) is 5.73 Å². The zero-order valence-electron chi connectivity index (χ0n) is 13.4. The van der Waals surface area contributed by atoms with Gasteiger partial charge < -0.3 is 5.73 Å². The van der Waals surface area contributed by atoms with E-state index in [0.29, 0.717) is 11.8 Å². The number of aryl methyl sites for hydroxylation is 1. The number of rotatable bonds is 5. The van der Waals surface area contributed by atoms with Crippen molar-refractivity contribution in [3.63, 3.8) is 0 Å². The van der Waals surface area contributed by atoms with Gasteiger partial charge in [0.2, 0.25) is 0 Å². The molecule has 0 saturated heterocycles. The second-order valence-electron chi connectivity index (χ2n) is 6.29. The van der Waals surface area contributed by atoms with Crippen LogP contribution in [0.2, 0.25) is 0 Å². The molecule has 1 nitrogen and oxygen atoms in total. The van der Waals surface area contributed by atoms with Gasteiger partial charge in [0.25, 0.3) is 0 Å². The Balaban J connectivity index is 0.00000192. The van der Waals surface area contributed by atoms with Crippen molar-refractivity contribution < 1.29 is 0 Å². The SMILES string of the molecule is Br.NCCCC(c1cccc(I)c1)C1CCCc2ccccc21. The maximum Gasteiger partial charge on any atom is 0.0133 e. The maximum absolute atomic E-state index is 5.81. The van der Waals surface area contributed by atoms with Crippen LogP contribution in [0.4, 0.5) is 0 Å². The average molecular weight is 486 g/mol. The third-order valence-electron chi connectivity index (χ3n) is 4.90. The molecule has 0 fully saturated rings. The van der Waals surface area contributed by atoms with Gasteiger partial charge in [-0.05, 0) is 102 Å². The van der Waals surface area contributed by atoms with Crippen LogP contribution in [0.1, 0.15) is 54.2 Å². The Morgan fingerprint density at radius 2 is 1.96 bits per heavy atom. The molecule has 1 aliphatic carbocycles. The molecule has 1 aliphatic rings. The number of nitrogens with two attached hydrogens (primary N) is 1. The largest absolute Gasteiger partial charge is 0.330 e. The third-order valence-corrected chi connectivity index (χ3v) is 5.57. The summed E-state index contributed by atoms with van der Waals surface area (Å²) in [6.45, 7) is 0.787. The summed E-state index contributed by atoms with van der Waals surface area (Å²) in [7, 11) is 0. The Bertz CT molecular complexity index is 629. The van der Waals surface area contributed by atoms with E-state index in [0.717, 1.165) is 13.0 Å². The van der Waals surface area contributed by atoms with Crippen LogP contribution in [0.3, 0.4) is 0 Å². The summed E-state index contributed by atoms with van der Waals surface area (Å²) < 4.78 is 1.33. The second kappa shape index (κ2) is 9.19. The average Bonchev–Trinajstić information content (AvgIpc) is 2.55. The monoisotopic (exact) mass is 485 g/mol. The highest BCUT2D eigenvalue weighted by Crippen LogP contribution is 2.44. The molecule has 2 unspecified atom stereocenters. The van der Waals surface area contributed by atoms with Gasteiger partial charge in [-0.2, -0.15) is 0 Å². The molecule has 0 bridgehead atoms. The van der Waals surface area contributed by atoms with Gasteiger partial charge in [-0.3, -0.25) is 0 Å². The third kappa shape index (κ3) is 4.58. The fourth-order valence-corrected chi connectivity index (χ4v) is 4.45. The summed E-state index contributed by atoms with van der Waals surface area (Å²) in [5, 5.41) is 0. The highest BCUT2D eigenvalue weighted by atomic mass is 127. The molecule has 0 heterocycles. The molecule has 2 atom stereocenters. The first kappa shape index (κ1) is 18.9. The van der Waals surface area contributed by atoms with E-state index in [1.165, 1.54) is 34.8 Å². The van der Waals surface area contributed by atoms with Crippen molar-refractivity contribution >= 4 is 39.6 Å². The van der Waals surface area contributed by atoms with Gasteiger partial charge in [0.15, 0.2) is 0 Å². The van der Waals surface area contributed by atoms with Crippen molar-refractivity contribution in [2.24, 2.45) is 5.73 Å². The first-order valence-corrected chi connectivity index (χ1v) is 9.41. The Morgan fingerprint density at radius 3 is 2.74 bits per heavy atom. The van der Waals surface area contributed by atoms with Crippen LogP contribution in [-0.2, 0) is 6.42 Å². The molecule has 0 radical (unpaired) electrons. The molecule has 0 aromatic heterocycles. The molecule has 0 aliphatic heterocycles. The topological polar surface area (TPSA) is 26.0 Å². The number of fused-ring (bicyclic) bond motifs is 1. The lowest BCUT2D eigenvalue weighted by Gasteiger charge is -2.33. The van der Waals surface area contributed by atoms with E-state index in [1.54, 1.807) is 11.1 Å². The molecular formula is C20H25BrIN. The molecule has 0 amide bonds. The Kier molecular flexibility index (Phi) is 7.57. The van der Waals surface area contributed by atoms with Gasteiger partial charge in [-0.15, -0.1) is 17.0 Å². The maximum atomic E-state index is 5.81. The summed E-state index contributed by atoms with van der Waals surface area (Å²) in [6.07, 6.45) is 6.15. The number of hydrogen-bond donors (Lipinski definition) is 1. The normalized spacial score (nSPS) is 17.9. The lowest BCUT2D eigenvalue weighted by molar-refractivity contribution is 0.437. The predicted octanol–water partition coefficient (Wildman–Crippen LogP) is 5.81. The summed E-state index contributed by atoms with van der Waals surface area (Å²) in [6, 6.07) is 18.1. The summed E-state index contributed by atoms with van der Waals surface area (Å²) in [5.74, 6) is 1.24. The molecule has 2 aromatic carbocycles. The number of hydrogen-bond acceptors (Lipinski definition) is 1. The van der Waals surface area contributed by atoms with Crippen LogP contribution in [0.15, 0.2) is 48.5 Å². The quantitative estimate of drug-likeness (QED) is 0.531. The molecule has 0 spiro atoms. The fraction of sp³-hybridized carbons (Fsp3) is 0.400. The van der Waals surface area contributed by atoms with Crippen molar-refractivity contribution in [3.05, 3.63) is 68.8 Å². The molecule has 3 heteroatoms. The second-order valence-corrected chi connectivity index (χ2v) is 7.54. The van der Waals surface area contributed by atoms with Crippen molar-refractivity contribution in [2.75, 3.05) is 6.54 Å². The first-order valence-electron chi connectivity index (χ1n) is 8.33. The summed E-state index contributed by atoms with van der Waals surface area (Å²) >= 11 is 2.42. The Morgan fingerprint density at radius 1 is 1.13 bits per heavy atom. The van der Waals surface area contributed by atoms with E-state index in [1.807, 2.05) is 0 Å². The molecule has 2 aromatic rings. The minimum atomic E-state index is 0. The van der Waals surface area contributed by atoms with Crippen molar-refractivity contribution in [1.29, 1.82) is 0 Å². The smallest absolute Gasteiger partial charge is 0.0133 e. The van der Waals surface area contributed by atoms with Gasteiger partial charge in [0.05, 0.1) is 0 Å². The summed E-state index contributed by atoms with van der Waals surface area (Å²) in [5.41, 5.74) is 10.4. The zero-order valence-corrected chi connectivity index (χ0v) is 17.3. The minimum absolute atomic E-state index is 0. The molecule has 124 valence electrons. The number of benzene rings is 2. The predicted molar refractivity (Wildman–Crippen MR) is 113 cm³/mol. The Hall–Kier alpha value is -0.390. The van der Waals surface area contributed by atoms with E-state index in [2.05, 4.69) is 71.1 Å². The summed E-state index contributed by atoms with van der Waals surface area (Å²) in [4.78, 5) is 0. The van der Waals surface area contributed by atoms with Crippen LogP contribution < -0.4 is 5.73 Å². The lowest BCUT2D eigenvalue weighted by atomic mass is 9.72. The molecule has 2 N–H and O–H groups in total. The van der Waals surface area contributed by atoms with Gasteiger partial charge in [0, 0.05) is 3.57 Å². The minimum Gasteiger partial charge on any atom is -0.330 e. The standard InChI is InChI=1S/C20H24IN.BrH/c21-17-9-3-8-16(14-17)19(12-5-13-22)20-11-4-7-15-6-1-2-10-18(15)20;/h1-3,6,8-10,14,19-20H,4-5,7,11-13,22H2;1H. The first-order chi connectivity index (χ1) is 10.8. The fourth-order valence-electron chi connectivity index (χ4n) is 3.88. The van der Waals surface area contributed by atoms with Gasteiger partial charge in [-0.25, -0.2) is 0 Å². The van der Waals surface area contributed by atoms with Crippen LogP contribution in [0.5, 0.6) is 0 Å². The van der Waals surface area contributed by atoms with Crippen LogP contribution in [-0.4, -0.2) is 6.54 Å².